The second-order valence-electron chi connectivity index (χ2n) is 26.4. The number of benzene rings is 8. The van der Waals surface area contributed by atoms with Gasteiger partial charge in [-0.25, -0.2) is 4.98 Å². The Morgan fingerprint density at radius 2 is 1.17 bits per heavy atom. The fourth-order valence-electron chi connectivity index (χ4n) is 11.4. The summed E-state index contributed by atoms with van der Waals surface area (Å²) in [5.74, 6) is 1.54. The molecule has 0 amide bonds. The molecule has 8 aromatic carbocycles. The second-order valence-corrected chi connectivity index (χ2v) is 26.4. The Hall–Kier alpha value is -7.20. The zero-order valence-electron chi connectivity index (χ0n) is 52.3. The van der Waals surface area contributed by atoms with Crippen molar-refractivity contribution in [2.45, 2.75) is 137 Å². The predicted octanol–water partition coefficient (Wildman–Crippen LogP) is 20.8. The SMILES string of the molecule is [2H]C([2H])([2H])c1cc(Nc2ccc(C(C)(C)C)cc2-c2c[c-]c(Oc3[c-]c(N4[CH-]N(c5c(-c6ccccc6)cccc5-c5cc(C(C)(C)C)cc(C(C)(C)C)c5)c5ccccc54)ccc3)cc2)ncc1-c1ccc2c(c1)C(C)(C)CCC2(C)C.[Pt]. The zero-order chi connectivity index (χ0) is 59.0. The molecule has 5 nitrogen and oxygen atoms in total. The molecule has 0 bridgehead atoms. The van der Waals surface area contributed by atoms with Crippen LogP contribution in [0.4, 0.5) is 34.3 Å². The Balaban J connectivity index is 0.00000786. The third-order valence-electron chi connectivity index (χ3n) is 16.5. The first-order valence-corrected chi connectivity index (χ1v) is 28.3. The van der Waals surface area contributed by atoms with Crippen molar-refractivity contribution in [3.05, 3.63) is 228 Å². The van der Waals surface area contributed by atoms with Crippen LogP contribution in [0.1, 0.15) is 140 Å². The fraction of sp³-hybridized carbons (Fsp3) is 0.280. The molecule has 1 N–H and O–H groups in total. The minimum Gasteiger partial charge on any atom is -0.509 e. The van der Waals surface area contributed by atoms with Gasteiger partial charge in [0.05, 0.1) is 0 Å². The third-order valence-corrected chi connectivity index (χ3v) is 16.5. The van der Waals surface area contributed by atoms with Crippen LogP contribution < -0.4 is 19.9 Å². The van der Waals surface area contributed by atoms with Crippen LogP contribution in [0.5, 0.6) is 11.5 Å². The van der Waals surface area contributed by atoms with E-state index in [1.165, 1.54) is 27.8 Å². The predicted molar refractivity (Wildman–Crippen MR) is 337 cm³/mol. The molecule has 1 aliphatic heterocycles. The van der Waals surface area contributed by atoms with Gasteiger partial charge >= 0.3 is 0 Å². The summed E-state index contributed by atoms with van der Waals surface area (Å²) in [5, 5.41) is 3.54. The molecule has 81 heavy (non-hydrogen) atoms. The molecule has 2 heterocycles. The molecule has 0 saturated carbocycles. The van der Waals surface area contributed by atoms with Crippen molar-refractivity contribution in [1.29, 1.82) is 0 Å². The van der Waals surface area contributed by atoms with Gasteiger partial charge in [0, 0.05) is 82.3 Å². The standard InChI is InChI=1S/C75H77N4O.Pt/c1-49-40-69(76-47-63(49)52-32-36-64-65(43-52)75(13,14)39-38-74(64,11)12)77-66-37-33-54(71(2,3)4)45-62(66)51-30-34-58(35-31-51)80-59-25-20-24-57(46-59)78-48-79(68-29-19-18-28-67(68)78)70-60(50-22-16-15-17-23-50)26-21-27-61(70)53-41-55(72(5,6)7)44-56(42-53)73(8,9)10;/h15-34,36-37,40-45,47-48H,38-39H2,1-14H3,(H,76,77);/q-3;/i1D3;. The van der Waals surface area contributed by atoms with Gasteiger partial charge in [-0.1, -0.05) is 205 Å². The van der Waals surface area contributed by atoms with E-state index >= 15 is 0 Å². The van der Waals surface area contributed by atoms with Crippen LogP contribution in [0.2, 0.25) is 0 Å². The first-order valence-electron chi connectivity index (χ1n) is 29.8. The minimum atomic E-state index is -2.38. The van der Waals surface area contributed by atoms with Gasteiger partial charge in [0.25, 0.3) is 0 Å². The Morgan fingerprint density at radius 1 is 0.543 bits per heavy atom. The molecular formula is C75H77N4OPt-3. The van der Waals surface area contributed by atoms with Crippen molar-refractivity contribution in [1.82, 2.24) is 4.98 Å². The van der Waals surface area contributed by atoms with E-state index in [1.54, 1.807) is 12.3 Å². The van der Waals surface area contributed by atoms with Gasteiger partial charge in [-0.2, -0.15) is 18.2 Å². The van der Waals surface area contributed by atoms with Crippen LogP contribution >= 0.6 is 0 Å². The Labute approximate surface area is 502 Å². The van der Waals surface area contributed by atoms with Gasteiger partial charge < -0.3 is 19.9 Å². The molecule has 416 valence electrons. The Bertz CT molecular complexity index is 3870. The molecule has 1 aliphatic carbocycles. The fourth-order valence-corrected chi connectivity index (χ4v) is 11.4. The maximum atomic E-state index is 8.73. The number of hydrogen-bond donors (Lipinski definition) is 1. The number of rotatable bonds is 10. The minimum absolute atomic E-state index is 0. The molecule has 2 aliphatic rings. The summed E-state index contributed by atoms with van der Waals surface area (Å²) in [4.78, 5) is 9.43. The number of nitrogens with one attached hydrogen (secondary N) is 1. The number of ether oxygens (including phenoxy) is 1. The van der Waals surface area contributed by atoms with Gasteiger partial charge in [0.15, 0.2) is 0 Å². The monoisotopic (exact) mass is 1250 g/mol. The molecule has 11 rings (SSSR count). The molecular weight excluding hydrogens is 1170 g/mol. The van der Waals surface area contributed by atoms with Crippen LogP contribution in [0, 0.1) is 25.7 Å². The van der Waals surface area contributed by atoms with E-state index in [2.05, 4.69) is 257 Å². The van der Waals surface area contributed by atoms with Crippen molar-refractivity contribution in [2.24, 2.45) is 0 Å². The van der Waals surface area contributed by atoms with Gasteiger partial charge in [-0.15, -0.1) is 48.3 Å². The average Bonchev–Trinajstić information content (AvgIpc) is 1.99. The topological polar surface area (TPSA) is 40.6 Å². The molecule has 0 unspecified atom stereocenters. The quantitative estimate of drug-likeness (QED) is 0.138. The van der Waals surface area contributed by atoms with Crippen molar-refractivity contribution in [3.8, 4) is 56.0 Å². The summed E-state index contributed by atoms with van der Waals surface area (Å²) in [5.41, 5.74) is 19.1. The number of para-hydroxylation sites is 3. The number of nitrogens with zero attached hydrogens (tertiary/aromatic N) is 3. The van der Waals surface area contributed by atoms with Crippen molar-refractivity contribution in [3.63, 3.8) is 0 Å². The largest absolute Gasteiger partial charge is 0.509 e. The Kier molecular flexibility index (Phi) is 14.2. The molecule has 0 spiro atoms. The molecule has 6 heteroatoms. The van der Waals surface area contributed by atoms with E-state index < -0.39 is 6.85 Å². The van der Waals surface area contributed by atoms with Crippen LogP contribution in [0.15, 0.2) is 176 Å². The second kappa shape index (κ2) is 21.6. The number of anilines is 6. The number of hydrogen-bond acceptors (Lipinski definition) is 5. The molecule has 0 fully saturated rings. The summed E-state index contributed by atoms with van der Waals surface area (Å²) in [6.07, 6.45) is 3.89. The van der Waals surface area contributed by atoms with E-state index in [0.29, 0.717) is 22.9 Å². The van der Waals surface area contributed by atoms with E-state index in [1.807, 2.05) is 30.3 Å². The number of aromatic nitrogens is 1. The zero-order valence-corrected chi connectivity index (χ0v) is 51.6. The molecule has 0 radical (unpaired) electrons. The van der Waals surface area contributed by atoms with Crippen LogP contribution in [-0.4, -0.2) is 4.98 Å². The van der Waals surface area contributed by atoms with Gasteiger partial charge in [0.1, 0.15) is 5.82 Å². The summed E-state index contributed by atoms with van der Waals surface area (Å²) in [6.45, 7) is 29.3. The normalized spacial score (nSPS) is 15.4. The Morgan fingerprint density at radius 3 is 1.83 bits per heavy atom. The first-order chi connectivity index (χ1) is 39.1. The number of fused-ring (bicyclic) bond motifs is 2. The maximum absolute atomic E-state index is 8.73. The van der Waals surface area contributed by atoms with Crippen LogP contribution in [0.25, 0.3) is 44.5 Å². The molecule has 9 aromatic rings. The van der Waals surface area contributed by atoms with Gasteiger partial charge in [-0.3, -0.25) is 0 Å². The maximum Gasteiger partial charge on any atom is 0.130 e. The van der Waals surface area contributed by atoms with E-state index in [4.69, 9.17) is 13.8 Å². The summed E-state index contributed by atoms with van der Waals surface area (Å²) < 4.78 is 32.8. The molecule has 0 atom stereocenters. The van der Waals surface area contributed by atoms with E-state index in [9.17, 15) is 0 Å². The van der Waals surface area contributed by atoms with Crippen LogP contribution in [0.3, 0.4) is 0 Å². The van der Waals surface area contributed by atoms with Crippen molar-refractivity contribution >= 4 is 34.3 Å². The van der Waals surface area contributed by atoms with Crippen molar-refractivity contribution in [2.75, 3.05) is 15.1 Å². The average molecular weight is 1250 g/mol. The first kappa shape index (κ1) is 53.1. The number of aryl methyl sites for hydroxylation is 1. The molecule has 0 saturated heterocycles. The summed E-state index contributed by atoms with van der Waals surface area (Å²) in [6, 6.07) is 66.6. The van der Waals surface area contributed by atoms with Gasteiger partial charge in [0.2, 0.25) is 0 Å². The smallest absolute Gasteiger partial charge is 0.130 e. The summed E-state index contributed by atoms with van der Waals surface area (Å²) in [7, 11) is 0. The third kappa shape index (κ3) is 11.5. The van der Waals surface area contributed by atoms with E-state index in [-0.39, 0.29) is 53.7 Å². The summed E-state index contributed by atoms with van der Waals surface area (Å²) >= 11 is 0. The van der Waals surface area contributed by atoms with E-state index in [0.717, 1.165) is 80.2 Å². The number of pyridine rings is 1. The van der Waals surface area contributed by atoms with Crippen LogP contribution in [-0.2, 0) is 48.1 Å². The van der Waals surface area contributed by atoms with Gasteiger partial charge in [-0.05, 0) is 121 Å². The van der Waals surface area contributed by atoms with Crippen molar-refractivity contribution < 1.29 is 29.9 Å². The molecule has 1 aromatic heterocycles.